The fourth-order valence-electron chi connectivity index (χ4n) is 6.59. The Hall–Kier alpha value is -4.18. The molecule has 206 valence electrons. The topological polar surface area (TPSA) is 135 Å². The highest BCUT2D eigenvalue weighted by molar-refractivity contribution is 5.90. The number of anilines is 1. The van der Waals surface area contributed by atoms with Gasteiger partial charge in [-0.3, -0.25) is 14.4 Å². The van der Waals surface area contributed by atoms with Gasteiger partial charge in [-0.2, -0.15) is 0 Å². The number of benzene rings is 2. The lowest BCUT2D eigenvalue weighted by molar-refractivity contribution is -0.130. The SMILES string of the molecule is CC(C)C1NC(=O)[C@@H](NC(=O)[C@@H]2CCCN2)Cc2ccc3c(c2)C2(c4ccccc4NC2O3)c2oc1nc2C=O. The van der Waals surface area contributed by atoms with Crippen LogP contribution in [0.3, 0.4) is 0 Å². The van der Waals surface area contributed by atoms with E-state index in [1.54, 1.807) is 0 Å². The maximum atomic E-state index is 13.7. The smallest absolute Gasteiger partial charge is 0.243 e. The average Bonchev–Trinajstić information content (AvgIpc) is 3.72. The number of carbonyl (C=O) groups excluding carboxylic acids is 3. The first kappa shape index (κ1) is 24.8. The number of para-hydroxylation sites is 1. The number of aldehydes is 1. The summed E-state index contributed by atoms with van der Waals surface area (Å²) in [5.74, 6) is 0.640. The van der Waals surface area contributed by atoms with Crippen LogP contribution >= 0.6 is 0 Å². The van der Waals surface area contributed by atoms with E-state index in [0.29, 0.717) is 17.8 Å². The van der Waals surface area contributed by atoms with Crippen molar-refractivity contribution in [1.29, 1.82) is 0 Å². The van der Waals surface area contributed by atoms with Crippen molar-refractivity contribution in [3.8, 4) is 5.75 Å². The molecule has 10 heteroatoms. The van der Waals surface area contributed by atoms with E-state index >= 15 is 0 Å². The molecule has 5 heterocycles. The van der Waals surface area contributed by atoms with Gasteiger partial charge in [0.05, 0.1) is 6.04 Å². The highest BCUT2D eigenvalue weighted by Crippen LogP contribution is 2.58. The zero-order valence-electron chi connectivity index (χ0n) is 22.3. The molecule has 2 aromatic carbocycles. The van der Waals surface area contributed by atoms with Crippen LogP contribution in [0.2, 0.25) is 0 Å². The van der Waals surface area contributed by atoms with Gasteiger partial charge < -0.3 is 30.4 Å². The van der Waals surface area contributed by atoms with Gasteiger partial charge in [0.15, 0.2) is 18.3 Å². The van der Waals surface area contributed by atoms with Gasteiger partial charge >= 0.3 is 0 Å². The summed E-state index contributed by atoms with van der Waals surface area (Å²) in [5.41, 5.74) is 2.66. The predicted octanol–water partition coefficient (Wildman–Crippen LogP) is 2.57. The number of hydrogen-bond acceptors (Lipinski definition) is 8. The van der Waals surface area contributed by atoms with E-state index in [4.69, 9.17) is 9.15 Å². The zero-order chi connectivity index (χ0) is 27.6. The minimum atomic E-state index is -0.972. The molecule has 4 aliphatic rings. The summed E-state index contributed by atoms with van der Waals surface area (Å²) in [6.45, 7) is 4.67. The van der Waals surface area contributed by atoms with Gasteiger partial charge in [-0.05, 0) is 48.6 Å². The first-order chi connectivity index (χ1) is 19.4. The second-order valence-corrected chi connectivity index (χ2v) is 11.4. The van der Waals surface area contributed by atoms with E-state index < -0.39 is 23.7 Å². The van der Waals surface area contributed by atoms with Gasteiger partial charge in [-0.1, -0.05) is 44.2 Å². The summed E-state index contributed by atoms with van der Waals surface area (Å²) in [7, 11) is 0. The van der Waals surface area contributed by atoms with Crippen LogP contribution in [-0.4, -0.2) is 47.9 Å². The summed E-state index contributed by atoms with van der Waals surface area (Å²) in [6.07, 6.45) is 2.07. The summed E-state index contributed by atoms with van der Waals surface area (Å²) in [5, 5.41) is 12.7. The van der Waals surface area contributed by atoms with Crippen molar-refractivity contribution in [2.75, 3.05) is 11.9 Å². The number of oxazole rings is 1. The number of rotatable bonds is 4. The standard InChI is InChI=1S/C30H31N5O5/c1-15(2)24-28-33-22(14-36)25(40-28)30-17-6-3-4-7-19(17)34-29(30)39-23-10-9-16(12-18(23)30)13-21(27(38)35-24)32-26(37)20-8-5-11-31-20/h3-4,6-7,9-10,12,14-15,20-21,24,29,31,34H,5,8,11,13H2,1-2H3,(H,32,37)(H,35,38)/t20-,21-,24?,29?,30?/m0/s1. The molecule has 40 heavy (non-hydrogen) atoms. The lowest BCUT2D eigenvalue weighted by atomic mass is 9.72. The molecule has 10 nitrogen and oxygen atoms in total. The third-order valence-corrected chi connectivity index (χ3v) is 8.57. The van der Waals surface area contributed by atoms with Crippen molar-refractivity contribution in [3.05, 3.63) is 76.5 Å². The normalized spacial score (nSPS) is 27.9. The number of hydrogen-bond donors (Lipinski definition) is 4. The van der Waals surface area contributed by atoms with Gasteiger partial charge in [0.2, 0.25) is 17.7 Å². The number of carbonyl (C=O) groups is 3. The van der Waals surface area contributed by atoms with Crippen molar-refractivity contribution in [2.45, 2.75) is 62.9 Å². The number of nitrogens with one attached hydrogen (secondary N) is 4. The predicted molar refractivity (Wildman–Crippen MR) is 145 cm³/mol. The fraction of sp³-hybridized carbons (Fsp3) is 0.400. The van der Waals surface area contributed by atoms with Gasteiger partial charge in [0.1, 0.15) is 28.9 Å². The van der Waals surface area contributed by atoms with Crippen LogP contribution in [0.4, 0.5) is 5.69 Å². The van der Waals surface area contributed by atoms with E-state index in [0.717, 1.165) is 41.8 Å². The Bertz CT molecular complexity index is 1530. The molecule has 1 spiro atoms. The monoisotopic (exact) mass is 541 g/mol. The summed E-state index contributed by atoms with van der Waals surface area (Å²) in [4.78, 5) is 43.9. The van der Waals surface area contributed by atoms with E-state index in [2.05, 4.69) is 26.3 Å². The number of nitrogens with zero attached hydrogens (tertiary/aromatic N) is 1. The minimum absolute atomic E-state index is 0.110. The first-order valence-electron chi connectivity index (χ1n) is 13.9. The van der Waals surface area contributed by atoms with Crippen molar-refractivity contribution in [1.82, 2.24) is 20.9 Å². The number of amides is 2. The first-order valence-corrected chi connectivity index (χ1v) is 13.9. The van der Waals surface area contributed by atoms with E-state index in [-0.39, 0.29) is 41.8 Å². The Kier molecular flexibility index (Phi) is 5.71. The highest BCUT2D eigenvalue weighted by Gasteiger charge is 2.60. The van der Waals surface area contributed by atoms with Gasteiger partial charge in [0.25, 0.3) is 0 Å². The second-order valence-electron chi connectivity index (χ2n) is 11.4. The van der Waals surface area contributed by atoms with E-state index in [1.165, 1.54) is 0 Å². The molecular weight excluding hydrogens is 510 g/mol. The molecule has 0 radical (unpaired) electrons. The van der Waals surface area contributed by atoms with E-state index in [9.17, 15) is 14.4 Å². The highest BCUT2D eigenvalue weighted by atomic mass is 16.5. The minimum Gasteiger partial charge on any atom is -0.469 e. The third-order valence-electron chi connectivity index (χ3n) is 8.57. The van der Waals surface area contributed by atoms with Crippen molar-refractivity contribution >= 4 is 23.8 Å². The fourth-order valence-corrected chi connectivity index (χ4v) is 6.59. The summed E-state index contributed by atoms with van der Waals surface area (Å²) in [6, 6.07) is 11.9. The molecule has 1 fully saturated rings. The quantitative estimate of drug-likeness (QED) is 0.371. The van der Waals surface area contributed by atoms with Gasteiger partial charge in [-0.15, -0.1) is 0 Å². The Morgan fingerprint density at radius 3 is 2.80 bits per heavy atom. The van der Waals surface area contributed by atoms with E-state index in [1.807, 2.05) is 56.3 Å². The Morgan fingerprint density at radius 1 is 1.18 bits per heavy atom. The molecule has 4 aliphatic heterocycles. The number of aromatic nitrogens is 1. The molecule has 1 aromatic heterocycles. The number of fused-ring (bicyclic) bond motifs is 4. The molecule has 3 unspecified atom stereocenters. The molecule has 2 amide bonds. The second kappa shape index (κ2) is 9.19. The van der Waals surface area contributed by atoms with Gasteiger partial charge in [-0.25, -0.2) is 4.98 Å². The van der Waals surface area contributed by atoms with Crippen molar-refractivity contribution in [2.24, 2.45) is 5.92 Å². The average molecular weight is 542 g/mol. The maximum absolute atomic E-state index is 13.7. The van der Waals surface area contributed by atoms with Crippen LogP contribution in [0.1, 0.15) is 71.6 Å². The largest absolute Gasteiger partial charge is 0.469 e. The van der Waals surface area contributed by atoms with Crippen molar-refractivity contribution < 1.29 is 23.5 Å². The van der Waals surface area contributed by atoms with Crippen LogP contribution in [-0.2, 0) is 21.4 Å². The summed E-state index contributed by atoms with van der Waals surface area (Å²) < 4.78 is 13.0. The maximum Gasteiger partial charge on any atom is 0.243 e. The van der Waals surface area contributed by atoms with Crippen LogP contribution in [0, 0.1) is 5.92 Å². The molecule has 1 saturated heterocycles. The Morgan fingerprint density at radius 2 is 2.02 bits per heavy atom. The van der Waals surface area contributed by atoms with Crippen LogP contribution in [0.5, 0.6) is 5.75 Å². The molecule has 0 aliphatic carbocycles. The lowest BCUT2D eigenvalue weighted by Crippen LogP contribution is -2.53. The third kappa shape index (κ3) is 3.58. The molecule has 0 saturated carbocycles. The molecule has 7 rings (SSSR count). The number of ether oxygens (including phenoxy) is 1. The van der Waals surface area contributed by atoms with Crippen LogP contribution < -0.4 is 26.0 Å². The molecule has 3 aromatic rings. The molecule has 4 N–H and O–H groups in total. The molecular formula is C30H31N5O5. The van der Waals surface area contributed by atoms with Crippen LogP contribution in [0.15, 0.2) is 46.9 Å². The zero-order valence-corrected chi connectivity index (χ0v) is 22.3. The molecule has 4 bridgehead atoms. The Labute approximate surface area is 231 Å². The Balaban J connectivity index is 1.42. The van der Waals surface area contributed by atoms with Crippen LogP contribution in [0.25, 0.3) is 0 Å². The van der Waals surface area contributed by atoms with Gasteiger partial charge in [0, 0.05) is 17.7 Å². The molecule has 5 atom stereocenters. The lowest BCUT2D eigenvalue weighted by Gasteiger charge is -2.28. The van der Waals surface area contributed by atoms with Crippen molar-refractivity contribution in [3.63, 3.8) is 0 Å². The summed E-state index contributed by atoms with van der Waals surface area (Å²) >= 11 is 0.